The molecule has 32 nitrogen and oxygen atoms in total. The Labute approximate surface area is 639 Å². The average Bonchev–Trinajstić information content (AvgIpc) is 0.670. The SMILES string of the molecule is CCCCN(CCSSC[C@@H]1NC(=O)[C@@H](Cc2ccccc2)NC(=O)[C@H](CC(=O)O)NC(=O)CNC(=O)[C@H](CCCN=C(N)N)NC1=O)C(=O)O[C@@H](C(=O)O[C@H]1C[C@@]2(O)[C@@H](OC(=O)c3ccccc3)[C@@H]3[C@]4(OC(C)=O)CO[C@@H]4C[C@H](OC)[C@@]3(C)C(=O)[C@H](O)C(=C1C)C2(C)C)[C@@H](NC(=O)OC(C)(C)C)c1ccccc1. The third kappa shape index (κ3) is 20.4. The number of aliphatic hydroxyl groups is 2. The zero-order valence-corrected chi connectivity index (χ0v) is 64.3. The minimum Gasteiger partial charge on any atom is -0.481 e. The van der Waals surface area contributed by atoms with Crippen molar-refractivity contribution in [2.75, 3.05) is 51.4 Å². The molecule has 2 heterocycles. The normalized spacial score (nSPS) is 27.6. The lowest BCUT2D eigenvalue weighted by Gasteiger charge is -2.67. The van der Waals surface area contributed by atoms with Crippen LogP contribution in [0.4, 0.5) is 9.59 Å². The predicted molar refractivity (Wildman–Crippen MR) is 397 cm³/mol. The molecule has 4 fully saturated rings. The smallest absolute Gasteiger partial charge is 0.410 e. The molecule has 2 bridgehead atoms. The van der Waals surface area contributed by atoms with Gasteiger partial charge < -0.3 is 96.7 Å². The Morgan fingerprint density at radius 3 is 2.04 bits per heavy atom. The summed E-state index contributed by atoms with van der Waals surface area (Å²) < 4.78 is 43.6. The summed E-state index contributed by atoms with van der Waals surface area (Å²) in [6.45, 7) is 12.7. The molecule has 2 saturated carbocycles. The minimum atomic E-state index is -2.51. The number of carboxylic acids is 1. The van der Waals surface area contributed by atoms with Gasteiger partial charge in [-0.2, -0.15) is 0 Å². The van der Waals surface area contributed by atoms with E-state index in [1.54, 1.807) is 99.6 Å². The molecule has 594 valence electrons. The van der Waals surface area contributed by atoms with E-state index >= 15 is 14.4 Å². The number of nitrogens with one attached hydrogen (secondary N) is 6. The number of amides is 7. The van der Waals surface area contributed by atoms with Crippen LogP contribution in [0.25, 0.3) is 0 Å². The minimum absolute atomic E-state index is 0.0181. The Kier molecular flexibility index (Phi) is 28.9. The monoisotopic (exact) mass is 1560 g/mol. The van der Waals surface area contributed by atoms with E-state index in [4.69, 9.17) is 44.6 Å². The molecule has 0 aromatic heterocycles. The number of hydrogen-bond acceptors (Lipinski definition) is 24. The van der Waals surface area contributed by atoms with Crippen LogP contribution in [0.5, 0.6) is 0 Å². The fourth-order valence-corrected chi connectivity index (χ4v) is 17.0. The number of rotatable bonds is 27. The number of nitrogens with zero attached hydrogens (tertiary/aromatic N) is 2. The molecule has 7 amide bonds. The second-order valence-corrected chi connectivity index (χ2v) is 32.0. The molecular weight excluding hydrogens is 1460 g/mol. The van der Waals surface area contributed by atoms with Crippen molar-refractivity contribution in [2.45, 2.75) is 197 Å². The van der Waals surface area contributed by atoms with Crippen LogP contribution in [0.1, 0.15) is 135 Å². The van der Waals surface area contributed by atoms with Crippen LogP contribution in [0.3, 0.4) is 0 Å². The summed E-state index contributed by atoms with van der Waals surface area (Å²) in [4.78, 5) is 177. The summed E-state index contributed by atoms with van der Waals surface area (Å²) >= 11 is 0. The van der Waals surface area contributed by atoms with E-state index < -0.39 is 191 Å². The van der Waals surface area contributed by atoms with E-state index in [0.29, 0.717) is 18.4 Å². The summed E-state index contributed by atoms with van der Waals surface area (Å²) in [5.41, 5.74) is 2.67. The molecule has 0 radical (unpaired) electrons. The highest BCUT2D eigenvalue weighted by molar-refractivity contribution is 8.76. The summed E-state index contributed by atoms with van der Waals surface area (Å²) in [5.74, 6) is -12.0. The number of esters is 3. The first-order chi connectivity index (χ1) is 51.5. The van der Waals surface area contributed by atoms with Crippen molar-refractivity contribution in [3.05, 3.63) is 119 Å². The molecule has 3 aromatic carbocycles. The van der Waals surface area contributed by atoms with Gasteiger partial charge in [0.05, 0.1) is 42.6 Å². The average molecular weight is 1560 g/mol. The lowest BCUT2D eigenvalue weighted by Crippen LogP contribution is -2.82. The number of guanidine groups is 1. The molecule has 3 aliphatic carbocycles. The molecular formula is C75H100N10O22S2. The molecule has 15 atom stereocenters. The van der Waals surface area contributed by atoms with Gasteiger partial charge in [0, 0.05) is 69.9 Å². The highest BCUT2D eigenvalue weighted by Crippen LogP contribution is 2.64. The van der Waals surface area contributed by atoms with E-state index in [1.807, 2.05) is 6.92 Å². The molecule has 109 heavy (non-hydrogen) atoms. The van der Waals surface area contributed by atoms with Gasteiger partial charge in [0.1, 0.15) is 65.8 Å². The lowest BCUT2D eigenvalue weighted by molar-refractivity contribution is -0.347. The summed E-state index contributed by atoms with van der Waals surface area (Å²) in [6.07, 6.45) is -12.9. The van der Waals surface area contributed by atoms with Gasteiger partial charge in [-0.3, -0.25) is 43.3 Å². The molecule has 2 aliphatic heterocycles. The topological polar surface area (TPSA) is 470 Å². The number of carbonyl (C=O) groups excluding carboxylic acids is 11. The van der Waals surface area contributed by atoms with Crippen molar-refractivity contribution in [3.63, 3.8) is 0 Å². The number of carboxylic acid groups (broad SMARTS) is 1. The third-order valence-electron chi connectivity index (χ3n) is 20.4. The van der Waals surface area contributed by atoms with Crippen LogP contribution in [0, 0.1) is 16.7 Å². The van der Waals surface area contributed by atoms with E-state index in [2.05, 4.69) is 36.9 Å². The third-order valence-corrected chi connectivity index (χ3v) is 22.8. The first kappa shape index (κ1) is 85.3. The van der Waals surface area contributed by atoms with Crippen molar-refractivity contribution in [1.29, 1.82) is 0 Å². The number of carbonyl (C=O) groups is 12. The second kappa shape index (κ2) is 36.9. The van der Waals surface area contributed by atoms with Crippen LogP contribution in [-0.2, 0) is 82.7 Å². The van der Waals surface area contributed by atoms with Gasteiger partial charge >= 0.3 is 36.1 Å². The largest absolute Gasteiger partial charge is 0.481 e. The first-order valence-electron chi connectivity index (χ1n) is 36.0. The number of alkyl carbamates (subject to hydrolysis) is 1. The Bertz CT molecular complexity index is 3880. The van der Waals surface area contributed by atoms with Crippen molar-refractivity contribution in [1.82, 2.24) is 36.8 Å². The fraction of sp³-hybridized carbons (Fsp3) is 0.560. The maximum Gasteiger partial charge on any atom is 0.410 e. The molecule has 3 aromatic rings. The number of ether oxygens (including phenoxy) is 7. The van der Waals surface area contributed by atoms with E-state index in [9.17, 15) is 58.5 Å². The predicted octanol–water partition coefficient (Wildman–Crippen LogP) is 3.38. The van der Waals surface area contributed by atoms with Crippen LogP contribution >= 0.6 is 21.6 Å². The Balaban J connectivity index is 1.13. The lowest BCUT2D eigenvalue weighted by atomic mass is 9.44. The maximum atomic E-state index is 15.9. The molecule has 0 unspecified atom stereocenters. The number of fused-ring (bicyclic) bond motifs is 5. The molecule has 0 spiro atoms. The van der Waals surface area contributed by atoms with E-state index in [-0.39, 0.29) is 91.7 Å². The van der Waals surface area contributed by atoms with Crippen LogP contribution in [0.15, 0.2) is 107 Å². The van der Waals surface area contributed by atoms with Crippen molar-refractivity contribution in [2.24, 2.45) is 33.2 Å². The number of aliphatic carboxylic acids is 1. The number of Topliss-reactive ketones (excluding diaryl/α,β-unsaturated/α-hetero) is 1. The van der Waals surface area contributed by atoms with E-state index in [1.165, 1.54) is 51.8 Å². The second-order valence-electron chi connectivity index (χ2n) is 29.3. The van der Waals surface area contributed by atoms with Crippen molar-refractivity contribution >= 4 is 98.9 Å². The molecule has 5 aliphatic rings. The first-order valence-corrected chi connectivity index (χ1v) is 38.5. The van der Waals surface area contributed by atoms with Gasteiger partial charge in [-0.1, -0.05) is 128 Å². The molecule has 13 N–H and O–H groups in total. The number of nitrogens with two attached hydrogens (primary N) is 2. The Hall–Kier alpha value is -9.35. The summed E-state index contributed by atoms with van der Waals surface area (Å²) in [7, 11) is 3.53. The highest BCUT2D eigenvalue weighted by atomic mass is 33.1. The molecule has 34 heteroatoms. The van der Waals surface area contributed by atoms with Crippen LogP contribution < -0.4 is 43.4 Å². The quantitative estimate of drug-likeness (QED) is 0.00991. The number of aliphatic hydroxyl groups excluding tert-OH is 1. The summed E-state index contributed by atoms with van der Waals surface area (Å²) in [6, 6.07) is 16.5. The van der Waals surface area contributed by atoms with Crippen LogP contribution in [-0.4, -0.2) is 227 Å². The zero-order chi connectivity index (χ0) is 79.9. The number of ketones is 1. The standard InChI is InChI=1S/C75H100N10O22S2/c1-11-12-31-85(32-33-108-109-39-49-65(95)81-46(29-22-30-78-68(76)77)62(92)79-38-53(87)80-48(35-54(88)89)64(94)82-47(63(93)83-49)34-43-23-16-13-17-24-43)70(99)104-58(56(44-25-18-14-19-26-44)84-69(98)107-71(4,5)6)67(97)103-50-37-75(100)61(105-66(96)45-27-20-15-21-28-45)59-73(9,60(91)57(90)55(41(50)2)72(75,7)8)51(101-10)36-52-74(59,40-102-52)106-42(3)86/h13-21,23-28,46-52,56-59,61,90,100H,11-12,22,29-40H2,1-10H3,(H,79,92)(H,80,87)(H,81,95)(H,82,94)(H,83,93)(H,84,98)(H,88,89)(H4,76,77,78)/t46-,47+,48-,49-,50-,51-,52+,56-,57+,58+,59-,61-,73+,74-,75+/m0/s1. The van der Waals surface area contributed by atoms with E-state index in [0.717, 1.165) is 28.5 Å². The number of benzene rings is 3. The molecule has 8 rings (SSSR count). The summed E-state index contributed by atoms with van der Waals surface area (Å²) in [5, 5.41) is 52.2. The number of methoxy groups -OCH3 is 1. The Morgan fingerprint density at radius 1 is 0.807 bits per heavy atom. The highest BCUT2D eigenvalue weighted by Gasteiger charge is 2.78. The number of unbranched alkanes of at least 4 members (excludes halogenated alkanes) is 1. The Morgan fingerprint density at radius 2 is 1.43 bits per heavy atom. The van der Waals surface area contributed by atoms with Crippen LogP contribution in [0.2, 0.25) is 0 Å². The van der Waals surface area contributed by atoms with Gasteiger partial charge in [-0.25, -0.2) is 19.2 Å². The van der Waals surface area contributed by atoms with Gasteiger partial charge in [0.25, 0.3) is 0 Å². The van der Waals surface area contributed by atoms with Gasteiger partial charge in [0.2, 0.25) is 35.6 Å². The van der Waals surface area contributed by atoms with Gasteiger partial charge in [0.15, 0.2) is 17.3 Å². The fourth-order valence-electron chi connectivity index (χ4n) is 14.9. The molecule has 2 saturated heterocycles. The van der Waals surface area contributed by atoms with Gasteiger partial charge in [-0.05, 0) is 88.3 Å². The van der Waals surface area contributed by atoms with Gasteiger partial charge in [-0.15, -0.1) is 0 Å². The number of hydrogen-bond donors (Lipinski definition) is 11. The zero-order valence-electron chi connectivity index (χ0n) is 62.7. The number of aliphatic imine (C=N–C) groups is 1. The maximum absolute atomic E-state index is 15.9. The van der Waals surface area contributed by atoms with Crippen molar-refractivity contribution < 1.29 is 106 Å². The van der Waals surface area contributed by atoms with Crippen molar-refractivity contribution in [3.8, 4) is 0 Å².